The number of nitrogens with one attached hydrogen (secondary N) is 1. The van der Waals surface area contributed by atoms with E-state index < -0.39 is 23.8 Å². The van der Waals surface area contributed by atoms with E-state index in [0.29, 0.717) is 12.8 Å². The highest BCUT2D eigenvalue weighted by Gasteiger charge is 2.37. The van der Waals surface area contributed by atoms with Crippen LogP contribution in [0.2, 0.25) is 0 Å². The van der Waals surface area contributed by atoms with Gasteiger partial charge in [-0.15, -0.1) is 0 Å². The molecule has 0 radical (unpaired) electrons. The number of methoxy groups -OCH3 is 1. The molecule has 3 rings (SSSR count). The van der Waals surface area contributed by atoms with E-state index in [4.69, 9.17) is 14.2 Å². The summed E-state index contributed by atoms with van der Waals surface area (Å²) < 4.78 is 17.3. The average Bonchev–Trinajstić information content (AvgIpc) is 3.40. The van der Waals surface area contributed by atoms with Gasteiger partial charge in [-0.25, -0.2) is 4.79 Å². The number of nitrogens with zero attached hydrogens (tertiary/aromatic N) is 1. The molecule has 0 saturated carbocycles. The lowest BCUT2D eigenvalue weighted by atomic mass is 9.79. The molecule has 0 spiro atoms. The fraction of sp³-hybridized carbons (Fsp3) is 0.628. The predicted octanol–water partition coefficient (Wildman–Crippen LogP) is 8.43. The lowest BCUT2D eigenvalue weighted by molar-refractivity contribution is -0.159. The molecule has 0 fully saturated rings. The number of ketones is 1. The summed E-state index contributed by atoms with van der Waals surface area (Å²) >= 11 is 0. The molecule has 0 aromatic heterocycles. The molecule has 1 aliphatic rings. The number of carbonyl (C=O) groups excluding carboxylic acids is 4. The van der Waals surface area contributed by atoms with Crippen molar-refractivity contribution in [1.82, 2.24) is 10.2 Å². The van der Waals surface area contributed by atoms with Crippen LogP contribution in [-0.4, -0.2) is 73.2 Å². The average molecular weight is 721 g/mol. The summed E-state index contributed by atoms with van der Waals surface area (Å²) in [5.74, 6) is -1.31. The summed E-state index contributed by atoms with van der Waals surface area (Å²) in [6.45, 7) is 19.4. The quantitative estimate of drug-likeness (QED) is 0.154. The molecule has 9 nitrogen and oxygen atoms in total. The fourth-order valence-electron chi connectivity index (χ4n) is 7.53. The Labute approximate surface area is 312 Å². The fourth-order valence-corrected chi connectivity index (χ4v) is 7.53. The van der Waals surface area contributed by atoms with E-state index in [1.54, 1.807) is 14.2 Å². The molecule has 0 aliphatic heterocycles. The van der Waals surface area contributed by atoms with Gasteiger partial charge in [0.05, 0.1) is 18.6 Å². The van der Waals surface area contributed by atoms with E-state index in [1.807, 2.05) is 79.7 Å². The Balaban J connectivity index is 1.67. The first-order valence-electron chi connectivity index (χ1n) is 19.1. The molecule has 6 unspecified atom stereocenters. The molecule has 288 valence electrons. The van der Waals surface area contributed by atoms with Crippen molar-refractivity contribution in [1.29, 1.82) is 0 Å². The van der Waals surface area contributed by atoms with Gasteiger partial charge in [0.15, 0.2) is 5.78 Å². The van der Waals surface area contributed by atoms with Crippen LogP contribution in [0.15, 0.2) is 48.5 Å². The molecule has 52 heavy (non-hydrogen) atoms. The monoisotopic (exact) mass is 720 g/mol. The molecular formula is C43H64N2O7. The van der Waals surface area contributed by atoms with E-state index in [2.05, 4.69) is 43.4 Å². The Morgan fingerprint density at radius 2 is 1.40 bits per heavy atom. The lowest BCUT2D eigenvalue weighted by Crippen LogP contribution is -2.56. The van der Waals surface area contributed by atoms with Crippen LogP contribution in [0.4, 0.5) is 4.79 Å². The number of hydrogen-bond donors (Lipinski definition) is 1. The van der Waals surface area contributed by atoms with Crippen molar-refractivity contribution in [2.45, 2.75) is 125 Å². The first-order valence-corrected chi connectivity index (χ1v) is 19.1. The van der Waals surface area contributed by atoms with E-state index in [9.17, 15) is 19.2 Å². The zero-order valence-corrected chi connectivity index (χ0v) is 33.7. The van der Waals surface area contributed by atoms with E-state index in [0.717, 1.165) is 28.7 Å². The molecule has 6 atom stereocenters. The molecule has 0 saturated heterocycles. The number of rotatable bonds is 18. The highest BCUT2D eigenvalue weighted by molar-refractivity contribution is 5.93. The molecule has 9 heteroatoms. The van der Waals surface area contributed by atoms with Gasteiger partial charge in [0.1, 0.15) is 18.2 Å². The molecule has 2 aromatic rings. The normalized spacial score (nSPS) is 16.3. The molecule has 0 bridgehead atoms. The van der Waals surface area contributed by atoms with Crippen molar-refractivity contribution >= 4 is 23.8 Å². The minimum atomic E-state index is -0.842. The maximum atomic E-state index is 14.0. The van der Waals surface area contributed by atoms with Crippen molar-refractivity contribution in [3.63, 3.8) is 0 Å². The van der Waals surface area contributed by atoms with Crippen LogP contribution >= 0.6 is 0 Å². The standard InChI is InChI=1S/C43H64N2O7/c1-13-28(6)30(36(50-12)24-37(46)52-43(8,9)10)23-22-29(7)40(47)38(26(2)3)44-41(48)39(27(4)5)45(11)42(49)51-25-35-33-20-16-14-18-31(33)32-19-15-17-21-34(32)35/h14-21,26-30,35-36,38-39H,13,22-25H2,1-12H3,(H,44,48). The van der Waals surface area contributed by atoms with Gasteiger partial charge < -0.3 is 19.5 Å². The van der Waals surface area contributed by atoms with Gasteiger partial charge in [0.25, 0.3) is 0 Å². The Bertz CT molecular complexity index is 1470. The predicted molar refractivity (Wildman–Crippen MR) is 206 cm³/mol. The van der Waals surface area contributed by atoms with Crippen molar-refractivity contribution in [3.8, 4) is 11.1 Å². The Hall–Kier alpha value is -3.72. The summed E-state index contributed by atoms with van der Waals surface area (Å²) in [5.41, 5.74) is 3.92. The number of likely N-dealkylation sites (N-methyl/N-ethyl adjacent to an activating group) is 1. The van der Waals surface area contributed by atoms with Crippen LogP contribution in [-0.2, 0) is 28.6 Å². The van der Waals surface area contributed by atoms with Gasteiger partial charge in [0.2, 0.25) is 5.91 Å². The number of carbonyl (C=O) groups is 4. The van der Waals surface area contributed by atoms with Gasteiger partial charge in [-0.1, -0.05) is 103 Å². The van der Waals surface area contributed by atoms with Gasteiger partial charge in [0, 0.05) is 26.0 Å². The second-order valence-electron chi connectivity index (χ2n) is 16.3. The second kappa shape index (κ2) is 18.9. The SMILES string of the molecule is CCC(C)C(CCC(C)C(=O)C(NC(=O)C(C(C)C)N(C)C(=O)OCC1c2ccccc2-c2ccccc21)C(C)C)C(CC(=O)OC(C)(C)C)OC. The molecule has 1 aliphatic carbocycles. The van der Waals surface area contributed by atoms with E-state index in [-0.39, 0.29) is 72.3 Å². The number of ether oxygens (including phenoxy) is 3. The third-order valence-electron chi connectivity index (χ3n) is 10.6. The number of hydrogen-bond acceptors (Lipinski definition) is 7. The zero-order chi connectivity index (χ0) is 38.9. The van der Waals surface area contributed by atoms with E-state index in [1.165, 1.54) is 4.90 Å². The summed E-state index contributed by atoms with van der Waals surface area (Å²) in [4.78, 5) is 55.4. The van der Waals surface area contributed by atoms with Gasteiger partial charge in [-0.3, -0.25) is 19.3 Å². The van der Waals surface area contributed by atoms with Crippen LogP contribution in [0, 0.1) is 29.6 Å². The lowest BCUT2D eigenvalue weighted by Gasteiger charge is -2.33. The van der Waals surface area contributed by atoms with Gasteiger partial charge in [-0.2, -0.15) is 0 Å². The largest absolute Gasteiger partial charge is 0.460 e. The first-order chi connectivity index (χ1) is 24.4. The van der Waals surface area contributed by atoms with Crippen molar-refractivity contribution in [2.75, 3.05) is 20.8 Å². The number of Topliss-reactive ketones (excluding diaryl/α,β-unsaturated/α-hetero) is 1. The van der Waals surface area contributed by atoms with Crippen LogP contribution in [0.1, 0.15) is 112 Å². The summed E-state index contributed by atoms with van der Waals surface area (Å²) in [5, 5.41) is 3.02. The van der Waals surface area contributed by atoms with Crippen molar-refractivity contribution in [2.24, 2.45) is 29.6 Å². The Kier molecular flexibility index (Phi) is 15.5. The number of benzene rings is 2. The summed E-state index contributed by atoms with van der Waals surface area (Å²) in [7, 11) is 3.20. The zero-order valence-electron chi connectivity index (χ0n) is 33.7. The molecule has 0 heterocycles. The molecular weight excluding hydrogens is 656 g/mol. The Morgan fingerprint density at radius 3 is 1.88 bits per heavy atom. The highest BCUT2D eigenvalue weighted by Crippen LogP contribution is 2.44. The second-order valence-corrected chi connectivity index (χ2v) is 16.3. The van der Waals surface area contributed by atoms with Crippen LogP contribution < -0.4 is 5.32 Å². The van der Waals surface area contributed by atoms with Gasteiger partial charge >= 0.3 is 12.1 Å². The minimum absolute atomic E-state index is 0.0426. The highest BCUT2D eigenvalue weighted by atomic mass is 16.6. The maximum absolute atomic E-state index is 14.0. The van der Waals surface area contributed by atoms with Crippen molar-refractivity contribution < 1.29 is 33.4 Å². The van der Waals surface area contributed by atoms with Crippen LogP contribution in [0.25, 0.3) is 11.1 Å². The Morgan fingerprint density at radius 1 is 0.846 bits per heavy atom. The molecule has 2 amide bonds. The summed E-state index contributed by atoms with van der Waals surface area (Å²) in [6.07, 6.45) is 1.37. The smallest absolute Gasteiger partial charge is 0.410 e. The van der Waals surface area contributed by atoms with Crippen LogP contribution in [0.3, 0.4) is 0 Å². The number of fused-ring (bicyclic) bond motifs is 3. The minimum Gasteiger partial charge on any atom is -0.460 e. The molecule has 1 N–H and O–H groups in total. The maximum Gasteiger partial charge on any atom is 0.410 e. The third-order valence-corrected chi connectivity index (χ3v) is 10.6. The summed E-state index contributed by atoms with van der Waals surface area (Å²) in [6, 6.07) is 14.7. The third kappa shape index (κ3) is 10.9. The number of amides is 2. The van der Waals surface area contributed by atoms with Crippen molar-refractivity contribution in [3.05, 3.63) is 59.7 Å². The molecule has 2 aromatic carbocycles. The number of esters is 1. The van der Waals surface area contributed by atoms with Crippen LogP contribution in [0.5, 0.6) is 0 Å². The van der Waals surface area contributed by atoms with Gasteiger partial charge in [-0.05, 0) is 79.5 Å². The first kappa shape index (κ1) is 42.7. The van der Waals surface area contributed by atoms with E-state index >= 15 is 0 Å². The topological polar surface area (TPSA) is 111 Å².